The van der Waals surface area contributed by atoms with E-state index in [1.54, 1.807) is 0 Å². The zero-order valence-electron chi connectivity index (χ0n) is 55.8. The Morgan fingerprint density at radius 3 is 0.761 bits per heavy atom. The first-order chi connectivity index (χ1) is 42.7. The molecule has 6 N–H and O–H groups in total. The predicted molar refractivity (Wildman–Crippen MR) is 381 cm³/mol. The van der Waals surface area contributed by atoms with E-state index in [1.165, 1.54) is 103 Å². The predicted octanol–water partition coefficient (Wildman–Crippen LogP) is 12.6. The van der Waals surface area contributed by atoms with Crippen LogP contribution in [0, 0.1) is 0 Å². The van der Waals surface area contributed by atoms with E-state index in [1.807, 2.05) is 27.7 Å². The molecule has 12 atom stereocenters. The molecule has 8 fully saturated rings. The second-order valence-electron chi connectivity index (χ2n) is 24.3. The SMILES string of the molecule is CC(=NN=C([S-])NN=C(C)C1CCCC[N-]1)C1CCCC[N-]1.CC(=NN=C([S-])NN=C(C)C1CCCC[N-]1)C1CCCC[N-]1.CC([N-]NC([S-])N[N-]C(C)C1CCCC[N-]1)C1CCCC[N-]1.CC([N-]NC([S-])N[N-]C(C)C1CCCC[N-]1)C1CCCC[N-]1.[Fe+3].[Fe+3].[Fe+4].[Fe+4]. The molecule has 92 heavy (non-hydrogen) atoms. The van der Waals surface area contributed by atoms with Crippen LogP contribution >= 0.6 is 0 Å². The molecule has 0 aromatic carbocycles. The maximum absolute atomic E-state index is 5.31. The van der Waals surface area contributed by atoms with Crippen molar-refractivity contribution in [3.8, 4) is 0 Å². The minimum absolute atomic E-state index is 0. The normalized spacial score (nSPS) is 28.3. The molecule has 0 aromatic rings. The molecule has 24 nitrogen and oxygen atoms in total. The van der Waals surface area contributed by atoms with Crippen LogP contribution < -0.4 is 32.6 Å². The largest absolute Gasteiger partial charge is 4.00 e. The molecule has 12 unspecified atom stereocenters. The molecule has 0 bridgehead atoms. The van der Waals surface area contributed by atoms with Crippen molar-refractivity contribution in [1.82, 2.24) is 32.6 Å². The first-order valence-electron chi connectivity index (χ1n) is 33.3. The number of amidine groups is 2. The van der Waals surface area contributed by atoms with Gasteiger partial charge in [-0.3, -0.25) is 10.9 Å². The molecule has 8 saturated heterocycles. The monoisotopic (exact) mass is 1520 g/mol. The molecule has 0 aliphatic carbocycles. The Morgan fingerprint density at radius 2 is 0.554 bits per heavy atom. The minimum Gasteiger partial charge on any atom is -0.762 e. The second kappa shape index (κ2) is 55.0. The average Bonchev–Trinajstić information content (AvgIpc) is 3.73. The molecular weight excluding hydrogens is 1410 g/mol. The first kappa shape index (κ1) is 90.2. The smallest absolute Gasteiger partial charge is 0.762 e. The van der Waals surface area contributed by atoms with Gasteiger partial charge in [-0.1, -0.05) is 206 Å². The zero-order valence-corrected chi connectivity index (χ0v) is 63.5. The number of rotatable bonds is 24. The van der Waals surface area contributed by atoms with Crippen molar-refractivity contribution in [2.45, 2.75) is 293 Å². The van der Waals surface area contributed by atoms with E-state index in [4.69, 9.17) is 50.5 Å². The number of piperidine rings is 8. The summed E-state index contributed by atoms with van der Waals surface area (Å²) in [6, 6.07) is 2.83. The topological polar surface area (TPSA) is 316 Å². The molecule has 8 rings (SSSR count). The van der Waals surface area contributed by atoms with Crippen LogP contribution in [0.25, 0.3) is 64.2 Å². The minimum atomic E-state index is -0.378. The van der Waals surface area contributed by atoms with Crippen LogP contribution in [0.2, 0.25) is 0 Å². The quantitative estimate of drug-likeness (QED) is 0.0132. The van der Waals surface area contributed by atoms with Crippen molar-refractivity contribution in [3.63, 3.8) is 0 Å². The molecule has 2 radical (unpaired) electrons. The Hall–Kier alpha value is 0.198. The molecule has 0 aromatic heterocycles. The van der Waals surface area contributed by atoms with Gasteiger partial charge in [-0.2, -0.15) is 54.8 Å². The molecule has 526 valence electrons. The summed E-state index contributed by atoms with van der Waals surface area (Å²) >= 11 is 20.9. The van der Waals surface area contributed by atoms with Gasteiger partial charge in [-0.25, -0.2) is 0 Å². The summed E-state index contributed by atoms with van der Waals surface area (Å²) in [6.45, 7) is 23.8. The van der Waals surface area contributed by atoms with Crippen LogP contribution in [0.1, 0.15) is 209 Å². The third-order valence-electron chi connectivity index (χ3n) is 17.0. The van der Waals surface area contributed by atoms with Crippen molar-refractivity contribution < 1.29 is 68.3 Å². The van der Waals surface area contributed by atoms with Crippen molar-refractivity contribution in [2.75, 3.05) is 52.4 Å². The first-order valence-corrected chi connectivity index (χ1v) is 35.1. The fourth-order valence-corrected chi connectivity index (χ4v) is 11.8. The summed E-state index contributed by atoms with van der Waals surface area (Å²) in [5, 5.41) is 62.3. The summed E-state index contributed by atoms with van der Waals surface area (Å²) < 4.78 is 0. The van der Waals surface area contributed by atoms with E-state index in [-0.39, 0.29) is 138 Å². The zero-order chi connectivity index (χ0) is 63.1. The summed E-state index contributed by atoms with van der Waals surface area (Å²) in [5.74, 6) is 0. The van der Waals surface area contributed by atoms with Crippen molar-refractivity contribution in [1.29, 1.82) is 0 Å². The van der Waals surface area contributed by atoms with E-state index >= 15 is 0 Å². The van der Waals surface area contributed by atoms with Gasteiger partial charge in [-0.15, -0.1) is 87.5 Å². The van der Waals surface area contributed by atoms with Gasteiger partial charge in [0.2, 0.25) is 0 Å². The van der Waals surface area contributed by atoms with Gasteiger partial charge in [0.15, 0.2) is 0 Å². The Labute approximate surface area is 619 Å². The molecule has 8 aliphatic heterocycles. The number of nitrogens with zero attached hydrogens (tertiary/aromatic N) is 18. The van der Waals surface area contributed by atoms with Gasteiger partial charge >= 0.3 is 68.3 Å². The van der Waals surface area contributed by atoms with Crippen LogP contribution in [0.4, 0.5) is 0 Å². The molecular formula is C60H108Fe4N24S4-2. The maximum atomic E-state index is 5.31. The second-order valence-corrected chi connectivity index (χ2v) is 26.0. The number of hydrogen-bond acceptors (Lipinski definition) is 14. The molecule has 0 amide bonds. The average molecular weight is 1520 g/mol. The van der Waals surface area contributed by atoms with E-state index in [2.05, 4.69) is 155 Å². The molecule has 8 heterocycles. The Bertz CT molecular complexity index is 1840. The maximum Gasteiger partial charge on any atom is 4.00 e. The Balaban J connectivity index is 0.000000605. The summed E-state index contributed by atoms with van der Waals surface area (Å²) in [4.78, 5) is 0. The van der Waals surface area contributed by atoms with Gasteiger partial charge in [0, 0.05) is 33.2 Å². The van der Waals surface area contributed by atoms with Crippen LogP contribution in [-0.4, -0.2) is 169 Å². The molecule has 32 heteroatoms. The van der Waals surface area contributed by atoms with Gasteiger partial charge < -0.3 is 136 Å². The van der Waals surface area contributed by atoms with Crippen molar-refractivity contribution >= 4 is 83.7 Å². The standard InChI is InChI=1S/2C15H30N6S.2C15H26N6S.4Fe/c4*1-11(13-7-3-5-9-16-13)18-20-15(22)21-19-12(2)14-8-4-6-10-17-14;;;;/h2*11-15,20-22H,3-10H2,1-2H3;2*13-14H,3-10H2,1-2H3,(H2,20,21,22);;;;/q2*-4;2*-2;2*+3;2*+4/p-4. The van der Waals surface area contributed by atoms with Gasteiger partial charge in [0.25, 0.3) is 0 Å². The van der Waals surface area contributed by atoms with Crippen LogP contribution in [-0.2, 0) is 119 Å². The number of hydrogen-bond donors (Lipinski definition) is 6. The summed E-state index contributed by atoms with van der Waals surface area (Å²) in [5.41, 5.74) is 38.3. The third kappa shape index (κ3) is 38.7. The number of nitrogens with one attached hydrogen (secondary N) is 6. The van der Waals surface area contributed by atoms with E-state index < -0.39 is 0 Å². The van der Waals surface area contributed by atoms with E-state index in [0.29, 0.717) is 24.2 Å². The molecule has 0 spiro atoms. The molecule has 0 saturated carbocycles. The van der Waals surface area contributed by atoms with E-state index in [9.17, 15) is 0 Å². The van der Waals surface area contributed by atoms with Crippen LogP contribution in [0.5, 0.6) is 0 Å². The summed E-state index contributed by atoms with van der Waals surface area (Å²) in [6.07, 6.45) is 28.2. The Morgan fingerprint density at radius 1 is 0.337 bits per heavy atom. The van der Waals surface area contributed by atoms with Gasteiger partial charge in [-0.05, 0) is 27.7 Å². The third-order valence-corrected chi connectivity index (χ3v) is 17.8. The Kier molecular flexibility index (Phi) is 53.9. The van der Waals surface area contributed by atoms with Crippen LogP contribution in [0.3, 0.4) is 0 Å². The van der Waals surface area contributed by atoms with Crippen LogP contribution in [0.15, 0.2) is 30.6 Å². The van der Waals surface area contributed by atoms with Gasteiger partial charge in [0.05, 0.1) is 0 Å². The van der Waals surface area contributed by atoms with Crippen molar-refractivity contribution in [2.24, 2.45) is 30.6 Å². The fourth-order valence-electron chi connectivity index (χ4n) is 11.3. The van der Waals surface area contributed by atoms with E-state index in [0.717, 1.165) is 127 Å². The fraction of sp³-hybridized carbons (Fsp3) is 0.900. The van der Waals surface area contributed by atoms with Gasteiger partial charge in [0.1, 0.15) is 0 Å². The summed E-state index contributed by atoms with van der Waals surface area (Å²) in [7, 11) is 0. The van der Waals surface area contributed by atoms with Crippen molar-refractivity contribution in [3.05, 3.63) is 64.2 Å². The molecule has 8 aliphatic rings. The number of hydrazone groups is 2.